The molecule has 4 rings (SSSR count). The minimum atomic E-state index is -4.62. The van der Waals surface area contributed by atoms with Crippen LogP contribution in [0.2, 0.25) is 5.02 Å². The molecule has 1 N–H and O–H groups in total. The van der Waals surface area contributed by atoms with Crippen molar-refractivity contribution in [3.05, 3.63) is 110 Å². The number of urea groups is 1. The number of hydrogen-bond acceptors (Lipinski definition) is 5. The molecule has 0 saturated heterocycles. The van der Waals surface area contributed by atoms with Gasteiger partial charge in [0.1, 0.15) is 0 Å². The number of allylic oxidation sites excluding steroid dienone is 1. The molecule has 0 radical (unpaired) electrons. The van der Waals surface area contributed by atoms with Crippen molar-refractivity contribution in [3.8, 4) is 5.69 Å². The van der Waals surface area contributed by atoms with E-state index < -0.39 is 35.3 Å². The lowest BCUT2D eigenvalue weighted by atomic mass is 9.93. The molecule has 45 heavy (non-hydrogen) atoms. The number of rotatable bonds is 9. The lowest BCUT2D eigenvalue weighted by molar-refractivity contribution is -0.143. The van der Waals surface area contributed by atoms with Gasteiger partial charge < -0.3 is 19.9 Å². The van der Waals surface area contributed by atoms with Gasteiger partial charge in [-0.15, -0.1) is 0 Å². The number of esters is 1. The molecule has 1 aliphatic heterocycles. The number of carbonyl (C=O) groups is 3. The lowest BCUT2D eigenvalue weighted by Crippen LogP contribution is -2.49. The molecule has 3 aromatic rings. The fourth-order valence-corrected chi connectivity index (χ4v) is 5.19. The van der Waals surface area contributed by atoms with Gasteiger partial charge in [-0.05, 0) is 75.2 Å². The Hall–Kier alpha value is -4.58. The van der Waals surface area contributed by atoms with E-state index in [1.54, 1.807) is 52.1 Å². The van der Waals surface area contributed by atoms with Gasteiger partial charge in [0.25, 0.3) is 11.5 Å². The van der Waals surface area contributed by atoms with Crippen LogP contribution >= 0.6 is 11.6 Å². The first kappa shape index (κ1) is 33.3. The fourth-order valence-electron chi connectivity index (χ4n) is 5.00. The summed E-state index contributed by atoms with van der Waals surface area (Å²) in [6.45, 7) is 5.49. The molecule has 0 saturated carbocycles. The molecule has 0 aliphatic carbocycles. The molecule has 2 aromatic carbocycles. The third-order valence-corrected chi connectivity index (χ3v) is 7.38. The van der Waals surface area contributed by atoms with Crippen LogP contribution in [0.15, 0.2) is 82.9 Å². The first-order valence-corrected chi connectivity index (χ1v) is 14.5. The van der Waals surface area contributed by atoms with E-state index in [-0.39, 0.29) is 41.9 Å². The van der Waals surface area contributed by atoms with Gasteiger partial charge in [0, 0.05) is 54.4 Å². The van der Waals surface area contributed by atoms with E-state index in [0.29, 0.717) is 35.0 Å². The summed E-state index contributed by atoms with van der Waals surface area (Å²) in [5.41, 5.74) is 0.0655. The third-order valence-electron chi connectivity index (χ3n) is 7.14. The van der Waals surface area contributed by atoms with E-state index >= 15 is 0 Å². The molecule has 1 aromatic heterocycles. The molecule has 0 bridgehead atoms. The summed E-state index contributed by atoms with van der Waals surface area (Å²) in [6, 6.07) is 12.8. The van der Waals surface area contributed by atoms with Crippen LogP contribution in [0.25, 0.3) is 5.69 Å². The highest BCUT2D eigenvalue weighted by atomic mass is 35.5. The molecule has 0 spiro atoms. The van der Waals surface area contributed by atoms with Gasteiger partial charge >= 0.3 is 18.2 Å². The second kappa shape index (κ2) is 13.6. The number of ether oxygens (including phenoxy) is 1. The van der Waals surface area contributed by atoms with Gasteiger partial charge in [-0.3, -0.25) is 14.2 Å². The van der Waals surface area contributed by atoms with Crippen molar-refractivity contribution >= 4 is 29.5 Å². The van der Waals surface area contributed by atoms with Crippen LogP contribution in [0, 0.1) is 0 Å². The minimum absolute atomic E-state index is 0.170. The first-order chi connectivity index (χ1) is 21.2. The molecular weight excluding hydrogens is 613 g/mol. The number of nitrogens with one attached hydrogen (secondary N) is 1. The number of amides is 3. The highest BCUT2D eigenvalue weighted by molar-refractivity contribution is 6.30. The number of halogens is 4. The maximum Gasteiger partial charge on any atom is 0.417 e. The van der Waals surface area contributed by atoms with Gasteiger partial charge in [-0.2, -0.15) is 13.2 Å². The standard InChI is InChI=1S/C32H32ClF3N4O5/c1-19(2)45-30(43)27-20(3)37-31(44)39(28(27)22-7-5-8-24(33)17-22)16-6-15-38(4)29(42)21-9-12-25(13-10-21)40-18-23(32(34,35)36)11-14-26(40)41/h5,7-14,17-19,28H,6,15-16H2,1-4H3,(H,37,44). The van der Waals surface area contributed by atoms with E-state index in [4.69, 9.17) is 16.3 Å². The van der Waals surface area contributed by atoms with Crippen LogP contribution in [-0.4, -0.2) is 58.5 Å². The van der Waals surface area contributed by atoms with Gasteiger partial charge in [-0.1, -0.05) is 23.7 Å². The predicted molar refractivity (Wildman–Crippen MR) is 162 cm³/mol. The van der Waals surface area contributed by atoms with Crippen molar-refractivity contribution in [3.63, 3.8) is 0 Å². The summed E-state index contributed by atoms with van der Waals surface area (Å²) in [5, 5.41) is 3.17. The molecule has 13 heteroatoms. The Morgan fingerprint density at radius 1 is 1.07 bits per heavy atom. The molecule has 1 unspecified atom stereocenters. The molecule has 1 aliphatic rings. The summed E-state index contributed by atoms with van der Waals surface area (Å²) < 4.78 is 45.8. The van der Waals surface area contributed by atoms with Crippen molar-refractivity contribution < 1.29 is 32.3 Å². The topological polar surface area (TPSA) is 101 Å². The Balaban J connectivity index is 1.49. The SMILES string of the molecule is CC1=C(C(=O)OC(C)C)C(c2cccc(Cl)c2)N(CCCN(C)C(=O)c2ccc(-n3cc(C(F)(F)F)ccc3=O)cc2)C(=O)N1. The molecule has 9 nitrogen and oxygen atoms in total. The summed E-state index contributed by atoms with van der Waals surface area (Å²) >= 11 is 6.25. The normalized spacial score (nSPS) is 15.3. The number of pyridine rings is 1. The summed E-state index contributed by atoms with van der Waals surface area (Å²) in [6.07, 6.45) is -3.95. The predicted octanol–water partition coefficient (Wildman–Crippen LogP) is 5.96. The van der Waals surface area contributed by atoms with Crippen molar-refractivity contribution in [2.75, 3.05) is 20.1 Å². The van der Waals surface area contributed by atoms with Gasteiger partial charge in [0.15, 0.2) is 0 Å². The van der Waals surface area contributed by atoms with Crippen LogP contribution in [-0.2, 0) is 15.7 Å². The number of carbonyl (C=O) groups excluding carboxylic acids is 3. The Labute approximate surface area is 262 Å². The van der Waals surface area contributed by atoms with Crippen LogP contribution in [0.5, 0.6) is 0 Å². The van der Waals surface area contributed by atoms with Crippen LogP contribution in [0.4, 0.5) is 18.0 Å². The maximum absolute atomic E-state index is 13.2. The van der Waals surface area contributed by atoms with Gasteiger partial charge in [0.2, 0.25) is 0 Å². The summed E-state index contributed by atoms with van der Waals surface area (Å²) in [5.74, 6) is -0.940. The molecule has 238 valence electrons. The van der Waals surface area contributed by atoms with E-state index in [0.717, 1.165) is 10.6 Å². The van der Waals surface area contributed by atoms with Crippen molar-refractivity contribution in [2.24, 2.45) is 0 Å². The number of aromatic nitrogens is 1. The van der Waals surface area contributed by atoms with Crippen molar-refractivity contribution in [1.29, 1.82) is 0 Å². The average Bonchev–Trinajstić information content (AvgIpc) is 2.96. The molecule has 1 atom stereocenters. The van der Waals surface area contributed by atoms with Crippen molar-refractivity contribution in [1.82, 2.24) is 19.7 Å². The Morgan fingerprint density at radius 2 is 1.76 bits per heavy atom. The van der Waals surface area contributed by atoms with Crippen LogP contribution < -0.4 is 10.9 Å². The largest absolute Gasteiger partial charge is 0.459 e. The second-order valence-electron chi connectivity index (χ2n) is 10.8. The maximum atomic E-state index is 13.2. The molecule has 3 amide bonds. The summed E-state index contributed by atoms with van der Waals surface area (Å²) in [7, 11) is 1.58. The zero-order chi connectivity index (χ0) is 33.1. The van der Waals surface area contributed by atoms with Gasteiger partial charge in [-0.25, -0.2) is 9.59 Å². The zero-order valence-electron chi connectivity index (χ0n) is 25.0. The molecule has 0 fully saturated rings. The third kappa shape index (κ3) is 7.75. The zero-order valence-corrected chi connectivity index (χ0v) is 25.8. The number of hydrogen-bond donors (Lipinski definition) is 1. The lowest BCUT2D eigenvalue weighted by Gasteiger charge is -2.38. The number of nitrogens with zero attached hydrogens (tertiary/aromatic N) is 3. The Bertz CT molecular complexity index is 1680. The molecular formula is C32H32ClF3N4O5. The van der Waals surface area contributed by atoms with E-state index in [1.165, 1.54) is 34.1 Å². The fraction of sp³-hybridized carbons (Fsp3) is 0.312. The number of benzene rings is 2. The minimum Gasteiger partial charge on any atom is -0.459 e. The summed E-state index contributed by atoms with van der Waals surface area (Å²) in [4.78, 5) is 54.6. The highest BCUT2D eigenvalue weighted by Crippen LogP contribution is 2.35. The second-order valence-corrected chi connectivity index (χ2v) is 11.3. The highest BCUT2D eigenvalue weighted by Gasteiger charge is 2.38. The van der Waals surface area contributed by atoms with Crippen molar-refractivity contribution in [2.45, 2.75) is 45.5 Å². The van der Waals surface area contributed by atoms with E-state index in [9.17, 15) is 32.3 Å². The van der Waals surface area contributed by atoms with Crippen LogP contribution in [0.1, 0.15) is 54.7 Å². The van der Waals surface area contributed by atoms with Crippen LogP contribution in [0.3, 0.4) is 0 Å². The Morgan fingerprint density at radius 3 is 2.38 bits per heavy atom. The average molecular weight is 645 g/mol. The Kier molecular flexibility index (Phi) is 10.1. The van der Waals surface area contributed by atoms with E-state index in [1.807, 2.05) is 0 Å². The quantitative estimate of drug-likeness (QED) is 0.290. The number of alkyl halides is 3. The molecule has 2 heterocycles. The smallest absolute Gasteiger partial charge is 0.417 e. The van der Waals surface area contributed by atoms with Gasteiger partial charge in [0.05, 0.1) is 23.3 Å². The van der Waals surface area contributed by atoms with E-state index in [2.05, 4.69) is 5.32 Å². The first-order valence-electron chi connectivity index (χ1n) is 14.1. The monoisotopic (exact) mass is 644 g/mol.